The van der Waals surface area contributed by atoms with Gasteiger partial charge in [-0.1, -0.05) is 24.3 Å². The predicted molar refractivity (Wildman–Crippen MR) is 167 cm³/mol. The Morgan fingerprint density at radius 2 is 1.93 bits per heavy atom. The molecule has 0 unspecified atom stereocenters. The molecule has 5 heterocycles. The van der Waals surface area contributed by atoms with Crippen LogP contribution in [0.5, 0.6) is 0 Å². The summed E-state index contributed by atoms with van der Waals surface area (Å²) < 4.78 is 47.6. The van der Waals surface area contributed by atoms with Crippen LogP contribution in [0.15, 0.2) is 33.8 Å². The SMILES string of the molecule is C=CC(=O)N1[C@H](C)CN(c2nc(=O)n3c4c(c(-c5csc6sc(N)nc56)c(C(F)(F)F)cc24)SCC2(CCC2)C3)C[C@@H]1C. The van der Waals surface area contributed by atoms with E-state index in [-0.39, 0.29) is 34.8 Å². The summed E-state index contributed by atoms with van der Waals surface area (Å²) in [4.78, 5) is 39.3. The van der Waals surface area contributed by atoms with Crippen molar-refractivity contribution in [2.45, 2.75) is 62.8 Å². The first-order valence-corrected chi connectivity index (χ1v) is 16.7. The number of hydrogen-bond donors (Lipinski definition) is 1. The predicted octanol–water partition coefficient (Wildman–Crippen LogP) is 6.22. The summed E-state index contributed by atoms with van der Waals surface area (Å²) in [6.45, 7) is 8.40. The fraction of sp³-hybridized carbons (Fsp3) is 0.448. The van der Waals surface area contributed by atoms with Crippen molar-refractivity contribution in [1.82, 2.24) is 19.4 Å². The second-order valence-corrected chi connectivity index (χ2v) is 15.0. The molecule has 3 aromatic heterocycles. The number of piperazine rings is 1. The molecule has 1 saturated carbocycles. The number of nitrogen functional groups attached to an aromatic ring is 1. The van der Waals surface area contributed by atoms with Crippen LogP contribution in [0, 0.1) is 5.41 Å². The molecule has 1 amide bonds. The van der Waals surface area contributed by atoms with Gasteiger partial charge in [0.1, 0.15) is 15.3 Å². The molecule has 2 N–H and O–H groups in total. The van der Waals surface area contributed by atoms with Crippen LogP contribution in [0.4, 0.5) is 24.1 Å². The number of carbonyl (C=O) groups is 1. The number of amides is 1. The fourth-order valence-electron chi connectivity index (χ4n) is 6.95. The van der Waals surface area contributed by atoms with Gasteiger partial charge in [-0.25, -0.2) is 9.78 Å². The molecule has 1 aromatic carbocycles. The Kier molecular flexibility index (Phi) is 6.64. The van der Waals surface area contributed by atoms with E-state index in [0.29, 0.717) is 57.4 Å². The third kappa shape index (κ3) is 4.47. The normalized spacial score (nSPS) is 21.8. The van der Waals surface area contributed by atoms with E-state index in [1.54, 1.807) is 14.8 Å². The van der Waals surface area contributed by atoms with Gasteiger partial charge in [0.2, 0.25) is 5.91 Å². The molecule has 1 saturated heterocycles. The quantitative estimate of drug-likeness (QED) is 0.264. The van der Waals surface area contributed by atoms with Gasteiger partial charge in [0.25, 0.3) is 0 Å². The lowest BCUT2D eigenvalue weighted by Gasteiger charge is -2.45. The van der Waals surface area contributed by atoms with E-state index >= 15 is 13.2 Å². The number of aromatic nitrogens is 3. The van der Waals surface area contributed by atoms with Crippen molar-refractivity contribution in [2.24, 2.45) is 5.41 Å². The summed E-state index contributed by atoms with van der Waals surface area (Å²) in [5.74, 6) is 0.616. The summed E-state index contributed by atoms with van der Waals surface area (Å²) in [6, 6.07) is 0.625. The van der Waals surface area contributed by atoms with E-state index in [9.17, 15) is 9.59 Å². The zero-order valence-corrected chi connectivity index (χ0v) is 26.0. The van der Waals surface area contributed by atoms with Crippen LogP contribution in [0.2, 0.25) is 0 Å². The van der Waals surface area contributed by atoms with Gasteiger partial charge in [0, 0.05) is 64.3 Å². The molecule has 2 aliphatic heterocycles. The lowest BCUT2D eigenvalue weighted by atomic mass is 9.70. The van der Waals surface area contributed by atoms with E-state index in [1.807, 2.05) is 18.7 Å². The van der Waals surface area contributed by atoms with Gasteiger partial charge in [0.15, 0.2) is 5.13 Å². The zero-order valence-electron chi connectivity index (χ0n) is 23.5. The number of fused-ring (bicyclic) bond motifs is 1. The molecule has 3 aliphatic rings. The maximum absolute atomic E-state index is 15.1. The molecular formula is C29H29F3N6O2S3. The summed E-state index contributed by atoms with van der Waals surface area (Å²) in [7, 11) is 0. The number of carbonyl (C=O) groups excluding carboxylic acids is 1. The number of hydrogen-bond acceptors (Lipinski definition) is 9. The first-order chi connectivity index (χ1) is 20.4. The molecule has 43 heavy (non-hydrogen) atoms. The maximum atomic E-state index is 15.1. The Morgan fingerprint density at radius 3 is 2.56 bits per heavy atom. The zero-order chi connectivity index (χ0) is 30.4. The summed E-state index contributed by atoms with van der Waals surface area (Å²) in [5, 5.41) is 2.31. The fourth-order valence-corrected chi connectivity index (χ4v) is 10.4. The minimum atomic E-state index is -4.69. The minimum absolute atomic E-state index is 0.0476. The Hall–Kier alpha value is -3.10. The van der Waals surface area contributed by atoms with Gasteiger partial charge in [-0.3, -0.25) is 9.36 Å². The molecule has 0 bridgehead atoms. The lowest BCUT2D eigenvalue weighted by Crippen LogP contribution is -2.58. The number of thiazole rings is 1. The van der Waals surface area contributed by atoms with E-state index in [2.05, 4.69) is 16.5 Å². The number of benzene rings is 1. The monoisotopic (exact) mass is 646 g/mol. The van der Waals surface area contributed by atoms with Crippen LogP contribution in [0.3, 0.4) is 0 Å². The molecule has 1 aliphatic carbocycles. The van der Waals surface area contributed by atoms with Crippen molar-refractivity contribution < 1.29 is 18.0 Å². The van der Waals surface area contributed by atoms with Crippen molar-refractivity contribution in [3.05, 3.63) is 40.1 Å². The van der Waals surface area contributed by atoms with Crippen LogP contribution in [0.1, 0.15) is 38.7 Å². The third-order valence-corrected chi connectivity index (χ3v) is 12.4. The number of thioether (sulfide) groups is 1. The first kappa shape index (κ1) is 28.7. The van der Waals surface area contributed by atoms with Crippen molar-refractivity contribution >= 4 is 71.7 Å². The maximum Gasteiger partial charge on any atom is 0.417 e. The van der Waals surface area contributed by atoms with Gasteiger partial charge in [-0.2, -0.15) is 18.2 Å². The topological polar surface area (TPSA) is 97.4 Å². The van der Waals surface area contributed by atoms with Crippen LogP contribution < -0.4 is 16.3 Å². The first-order valence-electron chi connectivity index (χ1n) is 14.1. The number of anilines is 2. The van der Waals surface area contributed by atoms with Crippen molar-refractivity contribution in [3.63, 3.8) is 0 Å². The second-order valence-electron chi connectivity index (χ2n) is 11.9. The van der Waals surface area contributed by atoms with Gasteiger partial charge in [0.05, 0.1) is 11.1 Å². The van der Waals surface area contributed by atoms with Gasteiger partial charge >= 0.3 is 11.9 Å². The summed E-state index contributed by atoms with van der Waals surface area (Å²) in [6.07, 6.45) is -0.588. The van der Waals surface area contributed by atoms with Gasteiger partial charge in [-0.05, 0) is 44.2 Å². The number of nitrogens with zero attached hydrogens (tertiary/aromatic N) is 5. The molecule has 2 atom stereocenters. The molecule has 2 fully saturated rings. The number of alkyl halides is 3. The number of thiophene rings is 1. The van der Waals surface area contributed by atoms with E-state index in [4.69, 9.17) is 5.73 Å². The van der Waals surface area contributed by atoms with Crippen LogP contribution in [-0.4, -0.2) is 56.3 Å². The molecule has 0 radical (unpaired) electrons. The Morgan fingerprint density at radius 1 is 1.21 bits per heavy atom. The number of nitrogens with two attached hydrogens (primary N) is 1. The standard InChI is InChI=1S/C29H29F3N6O2S3/c1-4-19(39)38-14(2)9-36(10-15(38)3)24-16-8-18(29(30,31)32)20(17-11-41-25-21(17)34-26(33)43-25)23-22(16)37(27(40)35-24)12-28(13-42-23)6-5-7-28/h4,8,11,14-15H,1,5-7,9-10,12-13H2,2-3H3,(H2,33,34)/t14-,15+. The molecule has 8 nitrogen and oxygen atoms in total. The highest BCUT2D eigenvalue weighted by atomic mass is 32.2. The summed E-state index contributed by atoms with van der Waals surface area (Å²) >= 11 is 3.98. The lowest BCUT2D eigenvalue weighted by molar-refractivity contribution is -0.137. The molecular weight excluding hydrogens is 618 g/mol. The second kappa shape index (κ2) is 9.96. The minimum Gasteiger partial charge on any atom is -0.375 e. The Labute approximate surface area is 257 Å². The Bertz CT molecular complexity index is 1860. The van der Waals surface area contributed by atoms with Gasteiger partial charge in [-0.15, -0.1) is 23.1 Å². The van der Waals surface area contributed by atoms with Gasteiger partial charge < -0.3 is 15.5 Å². The van der Waals surface area contributed by atoms with Crippen LogP contribution in [0.25, 0.3) is 31.6 Å². The average Bonchev–Trinajstić information content (AvgIpc) is 3.41. The molecule has 4 aromatic rings. The van der Waals surface area contributed by atoms with Crippen LogP contribution >= 0.6 is 34.4 Å². The van der Waals surface area contributed by atoms with E-state index in [0.717, 1.165) is 23.3 Å². The highest BCUT2D eigenvalue weighted by Crippen LogP contribution is 2.55. The highest BCUT2D eigenvalue weighted by Gasteiger charge is 2.44. The van der Waals surface area contributed by atoms with Crippen molar-refractivity contribution in [1.29, 1.82) is 0 Å². The Balaban J connectivity index is 1.52. The number of rotatable bonds is 3. The molecule has 7 rings (SSSR count). The van der Waals surface area contributed by atoms with Crippen molar-refractivity contribution in [3.8, 4) is 11.1 Å². The smallest absolute Gasteiger partial charge is 0.375 e. The molecule has 14 heteroatoms. The average molecular weight is 647 g/mol. The van der Waals surface area contributed by atoms with Crippen LogP contribution in [-0.2, 0) is 17.5 Å². The molecule has 226 valence electrons. The van der Waals surface area contributed by atoms with E-state index in [1.165, 1.54) is 46.6 Å². The molecule has 1 spiro atoms. The largest absolute Gasteiger partial charge is 0.417 e. The number of halogens is 3. The van der Waals surface area contributed by atoms with Crippen molar-refractivity contribution in [2.75, 3.05) is 29.5 Å². The van der Waals surface area contributed by atoms with E-state index < -0.39 is 17.4 Å². The summed E-state index contributed by atoms with van der Waals surface area (Å²) in [5.41, 5.74) is 5.90. The third-order valence-electron chi connectivity index (χ3n) is 9.00. The highest BCUT2D eigenvalue weighted by molar-refractivity contribution is 7.99.